The second-order valence-corrected chi connectivity index (χ2v) is 6.56. The van der Waals surface area contributed by atoms with Crippen molar-refractivity contribution in [2.45, 2.75) is 19.4 Å². The first-order valence-corrected chi connectivity index (χ1v) is 8.45. The number of carbonyl (C=O) groups is 1. The molecule has 0 fully saturated rings. The number of nitrogens with zero attached hydrogens (tertiary/aromatic N) is 1. The lowest BCUT2D eigenvalue weighted by atomic mass is 9.92. The van der Waals surface area contributed by atoms with Crippen LogP contribution in [0.3, 0.4) is 0 Å². The second-order valence-electron chi connectivity index (χ2n) is 6.56. The third-order valence-electron chi connectivity index (χ3n) is 4.30. The average molecular weight is 455 g/mol. The highest BCUT2D eigenvalue weighted by Gasteiger charge is 2.19. The van der Waals surface area contributed by atoms with Crippen LogP contribution in [0.15, 0.2) is 48.5 Å². The molecule has 0 spiro atoms. The van der Waals surface area contributed by atoms with E-state index in [4.69, 9.17) is 9.84 Å². The molecule has 6 heteroatoms. The minimum Gasteiger partial charge on any atom is -0.488 e. The van der Waals surface area contributed by atoms with Crippen LogP contribution in [0.1, 0.15) is 28.7 Å². The number of fused-ring (bicyclic) bond motifs is 2. The van der Waals surface area contributed by atoms with Gasteiger partial charge in [-0.2, -0.15) is 0 Å². The van der Waals surface area contributed by atoms with Gasteiger partial charge in [-0.1, -0.05) is 36.4 Å². The number of carboxylic acid groups (broad SMARTS) is 1. The van der Waals surface area contributed by atoms with E-state index in [1.807, 2.05) is 30.3 Å². The Morgan fingerprint density at radius 2 is 1.93 bits per heavy atom. The highest BCUT2D eigenvalue weighted by atomic mass is 79.9. The van der Waals surface area contributed by atoms with E-state index >= 15 is 0 Å². The molecular formula is C21H25BrClNO3. The molecule has 0 radical (unpaired) electrons. The number of benzene rings is 2. The molecule has 0 bridgehead atoms. The normalized spacial score (nSPS) is 13.5. The Hall–Kier alpha value is -1.82. The van der Waals surface area contributed by atoms with Gasteiger partial charge >= 0.3 is 5.97 Å². The predicted molar refractivity (Wildman–Crippen MR) is 116 cm³/mol. The first-order valence-electron chi connectivity index (χ1n) is 8.45. The Balaban J connectivity index is 0.00000182. The monoisotopic (exact) mass is 453 g/mol. The maximum absolute atomic E-state index is 11.1. The van der Waals surface area contributed by atoms with Crippen molar-refractivity contribution in [2.24, 2.45) is 0 Å². The molecule has 0 unspecified atom stereocenters. The highest BCUT2D eigenvalue weighted by Crippen LogP contribution is 2.37. The molecule has 1 heterocycles. The van der Waals surface area contributed by atoms with E-state index < -0.39 is 5.97 Å². The molecule has 4 nitrogen and oxygen atoms in total. The summed E-state index contributed by atoms with van der Waals surface area (Å²) in [5, 5.41) is 9.10. The SMILES string of the molecule is Br.CN(C)CC/C=C1/c2ccccc2COc2ccc(CC(=O)O)cc21.Cl. The summed E-state index contributed by atoms with van der Waals surface area (Å²) in [5.41, 5.74) is 5.19. The molecule has 2 aromatic carbocycles. The Morgan fingerprint density at radius 3 is 2.63 bits per heavy atom. The lowest BCUT2D eigenvalue weighted by Gasteiger charge is -2.13. The first-order chi connectivity index (χ1) is 12.0. The molecule has 1 N–H and O–H groups in total. The summed E-state index contributed by atoms with van der Waals surface area (Å²) in [6.45, 7) is 1.48. The van der Waals surface area contributed by atoms with Crippen molar-refractivity contribution >= 4 is 40.9 Å². The minimum absolute atomic E-state index is 0. The fourth-order valence-electron chi connectivity index (χ4n) is 3.09. The largest absolute Gasteiger partial charge is 0.488 e. The van der Waals surface area contributed by atoms with Gasteiger partial charge in [0.25, 0.3) is 0 Å². The van der Waals surface area contributed by atoms with E-state index in [2.05, 4.69) is 37.2 Å². The number of halogens is 2. The smallest absolute Gasteiger partial charge is 0.307 e. The molecule has 1 aliphatic heterocycles. The van der Waals surface area contributed by atoms with Gasteiger partial charge in [-0.25, -0.2) is 0 Å². The second kappa shape index (κ2) is 10.5. The van der Waals surface area contributed by atoms with Crippen molar-refractivity contribution in [1.29, 1.82) is 0 Å². The summed E-state index contributed by atoms with van der Waals surface area (Å²) in [4.78, 5) is 13.2. The summed E-state index contributed by atoms with van der Waals surface area (Å²) in [6, 6.07) is 13.9. The molecule has 0 atom stereocenters. The van der Waals surface area contributed by atoms with E-state index in [0.717, 1.165) is 46.5 Å². The third-order valence-corrected chi connectivity index (χ3v) is 4.30. The predicted octanol–water partition coefficient (Wildman–Crippen LogP) is 4.59. The van der Waals surface area contributed by atoms with Crippen LogP contribution in [0.25, 0.3) is 5.57 Å². The summed E-state index contributed by atoms with van der Waals surface area (Å²) in [7, 11) is 4.11. The van der Waals surface area contributed by atoms with E-state index in [0.29, 0.717) is 6.61 Å². The van der Waals surface area contributed by atoms with Crippen molar-refractivity contribution in [3.8, 4) is 5.75 Å². The van der Waals surface area contributed by atoms with Crippen molar-refractivity contribution in [1.82, 2.24) is 4.90 Å². The van der Waals surface area contributed by atoms with Gasteiger partial charge in [0.05, 0.1) is 6.42 Å². The Bertz CT molecular complexity index is 821. The molecule has 0 aliphatic carbocycles. The highest BCUT2D eigenvalue weighted by molar-refractivity contribution is 8.93. The summed E-state index contributed by atoms with van der Waals surface area (Å²) in [5.74, 6) is -0.0190. The Morgan fingerprint density at radius 1 is 1.19 bits per heavy atom. The fourth-order valence-corrected chi connectivity index (χ4v) is 3.09. The van der Waals surface area contributed by atoms with Gasteiger partial charge in [0, 0.05) is 12.1 Å². The maximum Gasteiger partial charge on any atom is 0.307 e. The molecule has 146 valence electrons. The van der Waals surface area contributed by atoms with E-state index in [1.54, 1.807) is 0 Å². The molecule has 0 amide bonds. The number of ether oxygens (including phenoxy) is 1. The Labute approximate surface area is 177 Å². The topological polar surface area (TPSA) is 49.8 Å². The van der Waals surface area contributed by atoms with Gasteiger partial charge in [0.15, 0.2) is 0 Å². The zero-order chi connectivity index (χ0) is 17.8. The average Bonchev–Trinajstić information content (AvgIpc) is 2.72. The zero-order valence-electron chi connectivity index (χ0n) is 15.5. The molecule has 3 rings (SSSR count). The molecule has 2 aromatic rings. The van der Waals surface area contributed by atoms with Crippen LogP contribution in [0.2, 0.25) is 0 Å². The number of rotatable bonds is 5. The quantitative estimate of drug-likeness (QED) is 0.718. The van der Waals surface area contributed by atoms with Gasteiger partial charge in [-0.3, -0.25) is 4.79 Å². The number of carboxylic acids is 1. The lowest BCUT2D eigenvalue weighted by Crippen LogP contribution is -2.12. The summed E-state index contributed by atoms with van der Waals surface area (Å²) >= 11 is 0. The van der Waals surface area contributed by atoms with Crippen molar-refractivity contribution in [2.75, 3.05) is 20.6 Å². The fraction of sp³-hybridized carbons (Fsp3) is 0.286. The Kier molecular flexibility index (Phi) is 9.03. The van der Waals surface area contributed by atoms with Crippen molar-refractivity contribution in [3.63, 3.8) is 0 Å². The number of aliphatic carboxylic acids is 1. The van der Waals surface area contributed by atoms with Gasteiger partial charge in [-0.05, 0) is 54.9 Å². The van der Waals surface area contributed by atoms with Crippen LogP contribution in [0, 0.1) is 0 Å². The molecule has 27 heavy (non-hydrogen) atoms. The summed E-state index contributed by atoms with van der Waals surface area (Å²) in [6.07, 6.45) is 3.16. The molecule has 0 saturated heterocycles. The van der Waals surface area contributed by atoms with Crippen molar-refractivity contribution in [3.05, 3.63) is 70.8 Å². The molecular weight excluding hydrogens is 430 g/mol. The minimum atomic E-state index is -0.826. The van der Waals surface area contributed by atoms with Gasteiger partial charge in [0.2, 0.25) is 0 Å². The van der Waals surface area contributed by atoms with Gasteiger partial charge < -0.3 is 14.7 Å². The number of hydrogen-bond acceptors (Lipinski definition) is 3. The lowest BCUT2D eigenvalue weighted by molar-refractivity contribution is -0.136. The van der Waals surface area contributed by atoms with Gasteiger partial charge in [0.1, 0.15) is 12.4 Å². The molecule has 0 saturated carbocycles. The van der Waals surface area contributed by atoms with Crippen LogP contribution in [-0.4, -0.2) is 36.6 Å². The summed E-state index contributed by atoms with van der Waals surface area (Å²) < 4.78 is 5.99. The maximum atomic E-state index is 11.1. The van der Waals surface area contributed by atoms with Crippen LogP contribution >= 0.6 is 29.4 Å². The van der Waals surface area contributed by atoms with Gasteiger partial charge in [-0.15, -0.1) is 29.4 Å². The molecule has 1 aliphatic rings. The molecule has 0 aromatic heterocycles. The third kappa shape index (κ3) is 5.83. The van der Waals surface area contributed by atoms with Crippen LogP contribution in [-0.2, 0) is 17.8 Å². The zero-order valence-corrected chi connectivity index (χ0v) is 18.0. The van der Waals surface area contributed by atoms with Crippen LogP contribution in [0.4, 0.5) is 0 Å². The number of hydrogen-bond donors (Lipinski definition) is 1. The van der Waals surface area contributed by atoms with E-state index in [1.165, 1.54) is 0 Å². The van der Waals surface area contributed by atoms with E-state index in [9.17, 15) is 4.79 Å². The van der Waals surface area contributed by atoms with Crippen LogP contribution < -0.4 is 4.74 Å². The van der Waals surface area contributed by atoms with E-state index in [-0.39, 0.29) is 35.8 Å². The standard InChI is InChI=1S/C21H23NO3.BrH.ClH/c1-22(2)11-5-8-18-17-7-4-3-6-16(17)14-25-20-10-9-15(12-19(18)20)13-21(23)24;;/h3-4,6-10,12H,5,11,13-14H2,1-2H3,(H,23,24);2*1H/b18-8-;;. The van der Waals surface area contributed by atoms with Crippen LogP contribution in [0.5, 0.6) is 5.75 Å². The first kappa shape index (κ1) is 23.2. The van der Waals surface area contributed by atoms with Crippen molar-refractivity contribution < 1.29 is 14.6 Å².